The lowest BCUT2D eigenvalue weighted by atomic mass is 10.1. The number of rotatable bonds is 8. The second-order valence-corrected chi connectivity index (χ2v) is 5.95. The average Bonchev–Trinajstić information content (AvgIpc) is 2.96. The van der Waals surface area contributed by atoms with Crippen molar-refractivity contribution in [3.63, 3.8) is 0 Å². The average molecular weight is 289 g/mol. The molecule has 21 heavy (non-hydrogen) atoms. The maximum absolute atomic E-state index is 3.45. The summed E-state index contributed by atoms with van der Waals surface area (Å²) < 4.78 is 0. The third kappa shape index (κ3) is 4.53. The number of hydrogen-bond acceptors (Lipinski definition) is 3. The zero-order valence-corrected chi connectivity index (χ0v) is 13.9. The lowest BCUT2D eigenvalue weighted by molar-refractivity contribution is 0.209. The number of benzene rings is 1. The second kappa shape index (κ2) is 8.52. The van der Waals surface area contributed by atoms with E-state index in [1.165, 1.54) is 43.7 Å². The summed E-state index contributed by atoms with van der Waals surface area (Å²) in [5.41, 5.74) is 2.93. The number of nitrogens with one attached hydrogen (secondary N) is 1. The standard InChI is InChI=1S/C18H31N3/c1-4-19-13-16-9-7-8-10-17(16)14-20-12-11-18(15-20)21(5-2)6-3/h7-10,18-19H,4-6,11-15H2,1-3H3. The first-order valence-electron chi connectivity index (χ1n) is 8.52. The molecule has 1 fully saturated rings. The lowest BCUT2D eigenvalue weighted by Gasteiger charge is -2.26. The molecule has 0 aliphatic carbocycles. The monoisotopic (exact) mass is 289 g/mol. The summed E-state index contributed by atoms with van der Waals surface area (Å²) in [4.78, 5) is 5.22. The molecular formula is C18H31N3. The Morgan fingerprint density at radius 3 is 2.52 bits per heavy atom. The van der Waals surface area contributed by atoms with Gasteiger partial charge in [-0.2, -0.15) is 0 Å². The fraction of sp³-hybridized carbons (Fsp3) is 0.667. The molecule has 1 unspecified atom stereocenters. The lowest BCUT2D eigenvalue weighted by Crippen LogP contribution is -2.37. The van der Waals surface area contributed by atoms with Crippen molar-refractivity contribution < 1.29 is 0 Å². The summed E-state index contributed by atoms with van der Waals surface area (Å²) in [5.74, 6) is 0. The van der Waals surface area contributed by atoms with E-state index in [4.69, 9.17) is 0 Å². The van der Waals surface area contributed by atoms with Crippen LogP contribution in [0.2, 0.25) is 0 Å². The van der Waals surface area contributed by atoms with Crippen LogP contribution < -0.4 is 5.32 Å². The Morgan fingerprint density at radius 2 is 1.86 bits per heavy atom. The van der Waals surface area contributed by atoms with Gasteiger partial charge in [-0.05, 0) is 37.2 Å². The van der Waals surface area contributed by atoms with E-state index in [1.807, 2.05) is 0 Å². The zero-order chi connectivity index (χ0) is 15.1. The molecule has 0 saturated carbocycles. The van der Waals surface area contributed by atoms with Gasteiger partial charge in [0.2, 0.25) is 0 Å². The first-order chi connectivity index (χ1) is 10.3. The minimum Gasteiger partial charge on any atom is -0.313 e. The highest BCUT2D eigenvalue weighted by Crippen LogP contribution is 2.19. The van der Waals surface area contributed by atoms with Crippen molar-refractivity contribution in [2.75, 3.05) is 32.7 Å². The molecule has 118 valence electrons. The Balaban J connectivity index is 1.94. The van der Waals surface area contributed by atoms with E-state index in [-0.39, 0.29) is 0 Å². The third-order valence-corrected chi connectivity index (χ3v) is 4.65. The third-order valence-electron chi connectivity index (χ3n) is 4.65. The van der Waals surface area contributed by atoms with Gasteiger partial charge in [0.15, 0.2) is 0 Å². The van der Waals surface area contributed by atoms with Crippen LogP contribution in [0.1, 0.15) is 38.3 Å². The van der Waals surface area contributed by atoms with Crippen LogP contribution in [0.3, 0.4) is 0 Å². The smallest absolute Gasteiger partial charge is 0.0237 e. The normalized spacial score (nSPS) is 19.5. The van der Waals surface area contributed by atoms with E-state index < -0.39 is 0 Å². The summed E-state index contributed by atoms with van der Waals surface area (Å²) >= 11 is 0. The van der Waals surface area contributed by atoms with Gasteiger partial charge in [0.05, 0.1) is 0 Å². The van der Waals surface area contributed by atoms with Gasteiger partial charge in [-0.25, -0.2) is 0 Å². The molecule has 3 heteroatoms. The maximum atomic E-state index is 3.45. The van der Waals surface area contributed by atoms with Crippen LogP contribution in [-0.4, -0.2) is 48.6 Å². The molecule has 0 aromatic heterocycles. The molecule has 1 aliphatic rings. The van der Waals surface area contributed by atoms with Crippen LogP contribution in [-0.2, 0) is 13.1 Å². The highest BCUT2D eigenvalue weighted by molar-refractivity contribution is 5.27. The molecule has 1 N–H and O–H groups in total. The van der Waals surface area contributed by atoms with Crippen LogP contribution >= 0.6 is 0 Å². The number of hydrogen-bond donors (Lipinski definition) is 1. The highest BCUT2D eigenvalue weighted by Gasteiger charge is 2.26. The van der Waals surface area contributed by atoms with Crippen molar-refractivity contribution in [1.29, 1.82) is 0 Å². The van der Waals surface area contributed by atoms with Gasteiger partial charge in [0.1, 0.15) is 0 Å². The van der Waals surface area contributed by atoms with Crippen molar-refractivity contribution in [2.24, 2.45) is 0 Å². The minimum absolute atomic E-state index is 0.751. The number of likely N-dealkylation sites (N-methyl/N-ethyl adjacent to an activating group) is 1. The summed E-state index contributed by atoms with van der Waals surface area (Å²) in [6, 6.07) is 9.62. The molecule has 1 saturated heterocycles. The molecular weight excluding hydrogens is 258 g/mol. The molecule has 1 atom stereocenters. The van der Waals surface area contributed by atoms with Crippen LogP contribution in [0.5, 0.6) is 0 Å². The first-order valence-corrected chi connectivity index (χ1v) is 8.52. The summed E-state index contributed by atoms with van der Waals surface area (Å²) in [6.07, 6.45) is 1.32. The van der Waals surface area contributed by atoms with E-state index in [9.17, 15) is 0 Å². The summed E-state index contributed by atoms with van der Waals surface area (Å²) in [7, 11) is 0. The number of nitrogens with zero attached hydrogens (tertiary/aromatic N) is 2. The van der Waals surface area contributed by atoms with Crippen molar-refractivity contribution in [1.82, 2.24) is 15.1 Å². The Labute approximate surface area is 130 Å². The van der Waals surface area contributed by atoms with Gasteiger partial charge in [-0.15, -0.1) is 0 Å². The van der Waals surface area contributed by atoms with Crippen LogP contribution in [0.25, 0.3) is 0 Å². The molecule has 1 aromatic rings. The highest BCUT2D eigenvalue weighted by atomic mass is 15.2. The van der Waals surface area contributed by atoms with Crippen molar-refractivity contribution in [3.05, 3.63) is 35.4 Å². The first kappa shape index (κ1) is 16.5. The topological polar surface area (TPSA) is 18.5 Å². The largest absolute Gasteiger partial charge is 0.313 e. The van der Waals surface area contributed by atoms with Crippen molar-refractivity contribution >= 4 is 0 Å². The summed E-state index contributed by atoms with van der Waals surface area (Å²) in [6.45, 7) is 14.6. The molecule has 1 aromatic carbocycles. The van der Waals surface area contributed by atoms with E-state index in [1.54, 1.807) is 0 Å². The fourth-order valence-electron chi connectivity index (χ4n) is 3.38. The van der Waals surface area contributed by atoms with Gasteiger partial charge in [-0.3, -0.25) is 9.80 Å². The van der Waals surface area contributed by atoms with Gasteiger partial charge < -0.3 is 5.32 Å². The Kier molecular flexibility index (Phi) is 6.68. The quantitative estimate of drug-likeness (QED) is 0.794. The Morgan fingerprint density at radius 1 is 1.14 bits per heavy atom. The zero-order valence-electron chi connectivity index (χ0n) is 13.9. The molecule has 1 heterocycles. The predicted octanol–water partition coefficient (Wildman–Crippen LogP) is 2.71. The molecule has 2 rings (SSSR count). The van der Waals surface area contributed by atoms with Crippen LogP contribution in [0, 0.1) is 0 Å². The second-order valence-electron chi connectivity index (χ2n) is 5.95. The van der Waals surface area contributed by atoms with E-state index in [0.29, 0.717) is 0 Å². The molecule has 0 amide bonds. The summed E-state index contributed by atoms with van der Waals surface area (Å²) in [5, 5.41) is 3.45. The van der Waals surface area contributed by atoms with Crippen molar-refractivity contribution in [3.8, 4) is 0 Å². The van der Waals surface area contributed by atoms with E-state index in [2.05, 4.69) is 60.2 Å². The van der Waals surface area contributed by atoms with Gasteiger partial charge in [-0.1, -0.05) is 45.0 Å². The number of likely N-dealkylation sites (tertiary alicyclic amines) is 1. The molecule has 0 radical (unpaired) electrons. The Bertz CT molecular complexity index is 415. The maximum Gasteiger partial charge on any atom is 0.0237 e. The van der Waals surface area contributed by atoms with Gasteiger partial charge in [0, 0.05) is 32.2 Å². The van der Waals surface area contributed by atoms with Gasteiger partial charge >= 0.3 is 0 Å². The molecule has 1 aliphatic heterocycles. The molecule has 3 nitrogen and oxygen atoms in total. The van der Waals surface area contributed by atoms with Gasteiger partial charge in [0.25, 0.3) is 0 Å². The van der Waals surface area contributed by atoms with E-state index in [0.717, 1.165) is 25.7 Å². The predicted molar refractivity (Wildman–Crippen MR) is 90.4 cm³/mol. The fourth-order valence-corrected chi connectivity index (χ4v) is 3.38. The minimum atomic E-state index is 0.751. The van der Waals surface area contributed by atoms with Crippen molar-refractivity contribution in [2.45, 2.75) is 46.3 Å². The molecule has 0 bridgehead atoms. The Hall–Kier alpha value is -0.900. The van der Waals surface area contributed by atoms with E-state index >= 15 is 0 Å². The van der Waals surface area contributed by atoms with Crippen LogP contribution in [0.4, 0.5) is 0 Å². The SMILES string of the molecule is CCNCc1ccccc1CN1CCC(N(CC)CC)C1. The van der Waals surface area contributed by atoms with Crippen LogP contribution in [0.15, 0.2) is 24.3 Å². The molecule has 0 spiro atoms.